The van der Waals surface area contributed by atoms with Gasteiger partial charge in [0.25, 0.3) is 0 Å². The maximum absolute atomic E-state index is 12.1. The minimum absolute atomic E-state index is 0.0263. The van der Waals surface area contributed by atoms with Crippen molar-refractivity contribution in [3.05, 3.63) is 24.1 Å². The number of nitrogens with zero attached hydrogens (tertiary/aromatic N) is 1. The first kappa shape index (κ1) is 13.4. The molecule has 0 fully saturated rings. The van der Waals surface area contributed by atoms with E-state index in [0.717, 1.165) is 0 Å². The highest BCUT2D eigenvalue weighted by molar-refractivity contribution is 5.96. The molecule has 0 radical (unpaired) electrons. The second-order valence-corrected chi connectivity index (χ2v) is 4.34. The summed E-state index contributed by atoms with van der Waals surface area (Å²) in [5, 5.41) is 1.77. The van der Waals surface area contributed by atoms with E-state index in [9.17, 15) is 18.0 Å². The third-order valence-electron chi connectivity index (χ3n) is 2.41. The van der Waals surface area contributed by atoms with E-state index in [4.69, 9.17) is 4.42 Å². The number of fused-ring (bicyclic) bond motifs is 1. The SMILES string of the molecule is CC(C)c1nc2cc(NC(=O)C(F)(F)F)ccc2o1. The number of alkyl halides is 3. The highest BCUT2D eigenvalue weighted by Crippen LogP contribution is 2.25. The molecule has 102 valence electrons. The van der Waals surface area contributed by atoms with E-state index in [1.54, 1.807) is 5.32 Å². The molecule has 1 amide bonds. The monoisotopic (exact) mass is 272 g/mol. The van der Waals surface area contributed by atoms with Gasteiger partial charge in [-0.2, -0.15) is 13.2 Å². The van der Waals surface area contributed by atoms with Gasteiger partial charge in [0, 0.05) is 11.6 Å². The van der Waals surface area contributed by atoms with Gasteiger partial charge in [0.1, 0.15) is 5.52 Å². The number of aromatic nitrogens is 1. The Morgan fingerprint density at radius 2 is 2.05 bits per heavy atom. The summed E-state index contributed by atoms with van der Waals surface area (Å²) in [5.74, 6) is -1.45. The zero-order chi connectivity index (χ0) is 14.2. The molecule has 1 aromatic heterocycles. The lowest BCUT2D eigenvalue weighted by Crippen LogP contribution is -2.29. The number of hydrogen-bond donors (Lipinski definition) is 1. The van der Waals surface area contributed by atoms with Gasteiger partial charge in [0.05, 0.1) is 0 Å². The normalized spacial score (nSPS) is 12.1. The Morgan fingerprint density at radius 1 is 1.37 bits per heavy atom. The highest BCUT2D eigenvalue weighted by atomic mass is 19.4. The van der Waals surface area contributed by atoms with Gasteiger partial charge in [-0.25, -0.2) is 4.98 Å². The number of carbonyl (C=O) groups excluding carboxylic acids is 1. The van der Waals surface area contributed by atoms with Crippen molar-refractivity contribution in [1.82, 2.24) is 4.98 Å². The van der Waals surface area contributed by atoms with Crippen molar-refractivity contribution in [2.24, 2.45) is 0 Å². The van der Waals surface area contributed by atoms with Gasteiger partial charge in [-0.05, 0) is 18.2 Å². The molecule has 0 aliphatic rings. The first-order valence-corrected chi connectivity index (χ1v) is 5.56. The molecule has 2 aromatic rings. The van der Waals surface area contributed by atoms with Crippen LogP contribution in [0.2, 0.25) is 0 Å². The third kappa shape index (κ3) is 2.86. The van der Waals surface area contributed by atoms with Crippen molar-refractivity contribution in [3.63, 3.8) is 0 Å². The van der Waals surface area contributed by atoms with E-state index in [1.807, 2.05) is 13.8 Å². The lowest BCUT2D eigenvalue weighted by atomic mass is 10.2. The number of carbonyl (C=O) groups is 1. The Balaban J connectivity index is 2.29. The van der Waals surface area contributed by atoms with E-state index in [0.29, 0.717) is 17.0 Å². The zero-order valence-electron chi connectivity index (χ0n) is 10.2. The fraction of sp³-hybridized carbons (Fsp3) is 0.333. The minimum Gasteiger partial charge on any atom is -0.440 e. The average molecular weight is 272 g/mol. The fourth-order valence-corrected chi connectivity index (χ4v) is 1.47. The summed E-state index contributed by atoms with van der Waals surface area (Å²) in [4.78, 5) is 14.9. The van der Waals surface area contributed by atoms with Crippen LogP contribution in [-0.4, -0.2) is 17.1 Å². The van der Waals surface area contributed by atoms with Gasteiger partial charge in [0.15, 0.2) is 11.5 Å². The molecule has 1 aromatic carbocycles. The number of hydrogen-bond acceptors (Lipinski definition) is 3. The fourth-order valence-electron chi connectivity index (χ4n) is 1.47. The molecular weight excluding hydrogens is 261 g/mol. The Kier molecular flexibility index (Phi) is 3.21. The van der Waals surface area contributed by atoms with Gasteiger partial charge in [-0.3, -0.25) is 4.79 Å². The molecule has 0 spiro atoms. The van der Waals surface area contributed by atoms with Crippen molar-refractivity contribution < 1.29 is 22.4 Å². The summed E-state index contributed by atoms with van der Waals surface area (Å²) in [6, 6.07) is 4.15. The lowest BCUT2D eigenvalue weighted by molar-refractivity contribution is -0.167. The standard InChI is InChI=1S/C12H11F3N2O2/c1-6(2)10-17-8-5-7(3-4-9(8)19-10)16-11(18)12(13,14)15/h3-6H,1-2H3,(H,16,18). The number of amides is 1. The van der Waals surface area contributed by atoms with Gasteiger partial charge in [0.2, 0.25) is 0 Å². The van der Waals surface area contributed by atoms with Crippen LogP contribution in [-0.2, 0) is 4.79 Å². The zero-order valence-corrected chi connectivity index (χ0v) is 10.2. The summed E-state index contributed by atoms with van der Waals surface area (Å²) in [6.45, 7) is 3.77. The lowest BCUT2D eigenvalue weighted by Gasteiger charge is -2.07. The van der Waals surface area contributed by atoms with Crippen molar-refractivity contribution >= 4 is 22.7 Å². The largest absolute Gasteiger partial charge is 0.471 e. The molecule has 1 heterocycles. The molecular formula is C12H11F3N2O2. The second kappa shape index (κ2) is 4.56. The highest BCUT2D eigenvalue weighted by Gasteiger charge is 2.38. The summed E-state index contributed by atoms with van der Waals surface area (Å²) in [5.41, 5.74) is 0.899. The van der Waals surface area contributed by atoms with Crippen LogP contribution in [0.4, 0.5) is 18.9 Å². The van der Waals surface area contributed by atoms with Crippen molar-refractivity contribution in [2.45, 2.75) is 25.9 Å². The molecule has 7 heteroatoms. The predicted molar refractivity (Wildman–Crippen MR) is 62.8 cm³/mol. The predicted octanol–water partition coefficient (Wildman–Crippen LogP) is 3.45. The van der Waals surface area contributed by atoms with Crippen LogP contribution in [0.3, 0.4) is 0 Å². The maximum Gasteiger partial charge on any atom is 0.471 e. The van der Waals surface area contributed by atoms with Crippen LogP contribution < -0.4 is 5.32 Å². The van der Waals surface area contributed by atoms with E-state index >= 15 is 0 Å². The van der Waals surface area contributed by atoms with Gasteiger partial charge < -0.3 is 9.73 Å². The van der Waals surface area contributed by atoms with Crippen molar-refractivity contribution in [2.75, 3.05) is 5.32 Å². The molecule has 0 unspecified atom stereocenters. The third-order valence-corrected chi connectivity index (χ3v) is 2.41. The minimum atomic E-state index is -4.91. The van der Waals surface area contributed by atoms with Crippen LogP contribution in [0.1, 0.15) is 25.7 Å². The number of rotatable bonds is 2. The Bertz CT molecular complexity index is 617. The van der Waals surface area contributed by atoms with Crippen molar-refractivity contribution in [3.8, 4) is 0 Å². The molecule has 1 N–H and O–H groups in total. The summed E-state index contributed by atoms with van der Waals surface area (Å²) < 4.78 is 41.7. The van der Waals surface area contributed by atoms with E-state index < -0.39 is 12.1 Å². The molecule has 0 bridgehead atoms. The van der Waals surface area contributed by atoms with Crippen LogP contribution in [0.5, 0.6) is 0 Å². The van der Waals surface area contributed by atoms with Crippen LogP contribution in [0.15, 0.2) is 22.6 Å². The van der Waals surface area contributed by atoms with Gasteiger partial charge >= 0.3 is 12.1 Å². The average Bonchev–Trinajstić information content (AvgIpc) is 2.70. The number of halogens is 3. The first-order chi connectivity index (χ1) is 8.77. The van der Waals surface area contributed by atoms with Crippen LogP contribution in [0.25, 0.3) is 11.1 Å². The van der Waals surface area contributed by atoms with Crippen LogP contribution >= 0.6 is 0 Å². The number of oxazole rings is 1. The van der Waals surface area contributed by atoms with E-state index in [-0.39, 0.29) is 11.6 Å². The number of nitrogens with one attached hydrogen (secondary N) is 1. The van der Waals surface area contributed by atoms with E-state index in [2.05, 4.69) is 4.98 Å². The molecule has 0 atom stereocenters. The Hall–Kier alpha value is -2.05. The topological polar surface area (TPSA) is 55.1 Å². The quantitative estimate of drug-likeness (QED) is 0.910. The van der Waals surface area contributed by atoms with Crippen molar-refractivity contribution in [1.29, 1.82) is 0 Å². The molecule has 4 nitrogen and oxygen atoms in total. The summed E-state index contributed by atoms with van der Waals surface area (Å²) in [7, 11) is 0. The summed E-state index contributed by atoms with van der Waals surface area (Å²) in [6.07, 6.45) is -4.91. The second-order valence-electron chi connectivity index (χ2n) is 4.34. The Morgan fingerprint density at radius 3 is 2.63 bits per heavy atom. The van der Waals surface area contributed by atoms with Crippen LogP contribution in [0, 0.1) is 0 Å². The molecule has 0 saturated carbocycles. The Labute approximate surface area is 106 Å². The number of anilines is 1. The number of benzene rings is 1. The molecule has 2 rings (SSSR count). The smallest absolute Gasteiger partial charge is 0.440 e. The molecule has 0 aliphatic heterocycles. The van der Waals surface area contributed by atoms with Gasteiger partial charge in [-0.1, -0.05) is 13.8 Å². The van der Waals surface area contributed by atoms with Gasteiger partial charge in [-0.15, -0.1) is 0 Å². The molecule has 0 aliphatic carbocycles. The molecule has 19 heavy (non-hydrogen) atoms. The summed E-state index contributed by atoms with van der Waals surface area (Å²) >= 11 is 0. The first-order valence-electron chi connectivity index (χ1n) is 5.56. The van der Waals surface area contributed by atoms with E-state index in [1.165, 1.54) is 18.2 Å². The maximum atomic E-state index is 12.1. The molecule has 0 saturated heterocycles.